The second-order valence-corrected chi connectivity index (χ2v) is 8.53. The number of aromatic nitrogens is 3. The average molecular weight is 466 g/mol. The van der Waals surface area contributed by atoms with Crippen LogP contribution in [0.2, 0.25) is 0 Å². The van der Waals surface area contributed by atoms with Crippen LogP contribution in [-0.4, -0.2) is 15.0 Å². The Morgan fingerprint density at radius 2 is 1.03 bits per heavy atom. The Morgan fingerprint density at radius 1 is 0.472 bits per heavy atom. The molecule has 0 saturated carbocycles. The van der Waals surface area contributed by atoms with Crippen molar-refractivity contribution in [3.63, 3.8) is 0 Å². The number of para-hydroxylation sites is 4. The van der Waals surface area contributed by atoms with Crippen LogP contribution in [0.15, 0.2) is 124 Å². The fourth-order valence-corrected chi connectivity index (χ4v) is 4.48. The third-order valence-corrected chi connectivity index (χ3v) is 6.20. The molecule has 0 aliphatic carbocycles. The maximum atomic E-state index is 6.01. The quantitative estimate of drug-likeness (QED) is 0.263. The van der Waals surface area contributed by atoms with Crippen molar-refractivity contribution in [2.24, 2.45) is 0 Å². The largest absolute Gasteiger partial charge is 0.436 e. The Balaban J connectivity index is 1.30. The summed E-state index contributed by atoms with van der Waals surface area (Å²) in [6.07, 6.45) is 1.82. The highest BCUT2D eigenvalue weighted by molar-refractivity contribution is 5.85. The van der Waals surface area contributed by atoms with Crippen molar-refractivity contribution in [1.29, 1.82) is 0 Å². The number of hydrogen-bond donors (Lipinski definition) is 0. The maximum absolute atomic E-state index is 6.01. The highest BCUT2D eigenvalue weighted by atomic mass is 16.4. The van der Waals surface area contributed by atoms with E-state index >= 15 is 0 Å². The zero-order valence-corrected chi connectivity index (χ0v) is 19.1. The number of pyridine rings is 1. The number of oxazole rings is 2. The molecule has 0 radical (unpaired) electrons. The molecule has 4 aromatic carbocycles. The summed E-state index contributed by atoms with van der Waals surface area (Å²) < 4.78 is 12.0. The van der Waals surface area contributed by atoms with E-state index in [1.165, 1.54) is 0 Å². The van der Waals surface area contributed by atoms with Crippen LogP contribution in [0.3, 0.4) is 0 Å². The molecule has 0 fully saturated rings. The van der Waals surface area contributed by atoms with Gasteiger partial charge in [0.05, 0.1) is 5.69 Å². The summed E-state index contributed by atoms with van der Waals surface area (Å²) in [5, 5.41) is 0. The number of nitrogens with zero attached hydrogens (tertiary/aromatic N) is 3. The molecule has 0 bridgehead atoms. The van der Waals surface area contributed by atoms with E-state index in [9.17, 15) is 0 Å². The van der Waals surface area contributed by atoms with Gasteiger partial charge in [0.2, 0.25) is 11.8 Å². The molecule has 5 heteroatoms. The molecule has 0 amide bonds. The Hall–Kier alpha value is -5.03. The average Bonchev–Trinajstić information content (AvgIpc) is 3.58. The predicted molar refractivity (Wildman–Crippen MR) is 141 cm³/mol. The van der Waals surface area contributed by atoms with E-state index in [1.54, 1.807) is 0 Å². The van der Waals surface area contributed by atoms with Crippen LogP contribution in [0.25, 0.3) is 67.5 Å². The van der Waals surface area contributed by atoms with Gasteiger partial charge in [-0.1, -0.05) is 54.6 Å². The van der Waals surface area contributed by atoms with Crippen molar-refractivity contribution in [2.75, 3.05) is 0 Å². The first kappa shape index (κ1) is 20.4. The molecule has 0 atom stereocenters. The normalized spacial score (nSPS) is 11.3. The number of rotatable bonds is 4. The van der Waals surface area contributed by atoms with E-state index in [4.69, 9.17) is 13.8 Å². The summed E-state index contributed by atoms with van der Waals surface area (Å²) in [5.41, 5.74) is 8.96. The van der Waals surface area contributed by atoms with Gasteiger partial charge in [0.1, 0.15) is 11.0 Å². The van der Waals surface area contributed by atoms with Gasteiger partial charge in [0.15, 0.2) is 11.2 Å². The van der Waals surface area contributed by atoms with Crippen LogP contribution in [-0.2, 0) is 0 Å². The predicted octanol–water partition coefficient (Wildman–Crippen LogP) is 8.03. The Bertz CT molecular complexity index is 1660. The Kier molecular flexibility index (Phi) is 4.71. The first-order valence-corrected chi connectivity index (χ1v) is 11.7. The van der Waals surface area contributed by atoms with Crippen LogP contribution in [0, 0.1) is 0 Å². The zero-order chi connectivity index (χ0) is 23.9. The van der Waals surface area contributed by atoms with Gasteiger partial charge in [-0.2, -0.15) is 0 Å². The van der Waals surface area contributed by atoms with Gasteiger partial charge < -0.3 is 8.83 Å². The van der Waals surface area contributed by atoms with Crippen molar-refractivity contribution in [2.45, 2.75) is 0 Å². The Morgan fingerprint density at radius 3 is 1.67 bits per heavy atom. The molecule has 0 aliphatic heterocycles. The molecule has 3 heterocycles. The minimum atomic E-state index is 0.591. The van der Waals surface area contributed by atoms with Crippen LogP contribution >= 0.6 is 0 Å². The molecule has 170 valence electrons. The fourth-order valence-electron chi connectivity index (χ4n) is 4.48. The van der Waals surface area contributed by atoms with Crippen molar-refractivity contribution in [3.8, 4) is 45.3 Å². The number of fused-ring (bicyclic) bond motifs is 2. The van der Waals surface area contributed by atoms with Gasteiger partial charge in [-0.3, -0.25) is 4.98 Å². The summed E-state index contributed by atoms with van der Waals surface area (Å²) in [6.45, 7) is 0. The van der Waals surface area contributed by atoms with E-state index in [0.717, 1.165) is 55.7 Å². The van der Waals surface area contributed by atoms with Gasteiger partial charge in [-0.25, -0.2) is 9.97 Å². The van der Waals surface area contributed by atoms with E-state index in [0.29, 0.717) is 11.8 Å². The second kappa shape index (κ2) is 8.32. The molecule has 0 N–H and O–H groups in total. The van der Waals surface area contributed by atoms with Crippen molar-refractivity contribution in [3.05, 3.63) is 115 Å². The SMILES string of the molecule is c1cc(-c2nc3ccccc3o2)cc(-c2cccnc2-c2cccc(-c3nc4ccccc4o3)c2)c1. The second-order valence-electron chi connectivity index (χ2n) is 8.53. The van der Waals surface area contributed by atoms with Crippen LogP contribution < -0.4 is 0 Å². The van der Waals surface area contributed by atoms with Gasteiger partial charge in [0, 0.05) is 28.5 Å². The van der Waals surface area contributed by atoms with Crippen molar-refractivity contribution < 1.29 is 8.83 Å². The van der Waals surface area contributed by atoms with Gasteiger partial charge in [-0.15, -0.1) is 0 Å². The van der Waals surface area contributed by atoms with Gasteiger partial charge >= 0.3 is 0 Å². The molecule has 7 rings (SSSR count). The maximum Gasteiger partial charge on any atom is 0.227 e. The van der Waals surface area contributed by atoms with Gasteiger partial charge in [0.25, 0.3) is 0 Å². The van der Waals surface area contributed by atoms with Crippen LogP contribution in [0.4, 0.5) is 0 Å². The third kappa shape index (κ3) is 3.54. The van der Waals surface area contributed by atoms with Crippen LogP contribution in [0.1, 0.15) is 0 Å². The first-order valence-electron chi connectivity index (χ1n) is 11.7. The molecule has 0 aliphatic rings. The summed E-state index contributed by atoms with van der Waals surface area (Å²) in [7, 11) is 0. The summed E-state index contributed by atoms with van der Waals surface area (Å²) in [4.78, 5) is 14.1. The lowest BCUT2D eigenvalue weighted by molar-refractivity contribution is 0.619. The summed E-state index contributed by atoms with van der Waals surface area (Å²) >= 11 is 0. The van der Waals surface area contributed by atoms with Gasteiger partial charge in [-0.05, 0) is 60.2 Å². The van der Waals surface area contributed by atoms with Crippen molar-refractivity contribution in [1.82, 2.24) is 15.0 Å². The van der Waals surface area contributed by atoms with E-state index < -0.39 is 0 Å². The molecule has 7 aromatic rings. The fraction of sp³-hybridized carbons (Fsp3) is 0. The first-order chi connectivity index (χ1) is 17.8. The third-order valence-electron chi connectivity index (χ3n) is 6.20. The molecular formula is C31H19N3O2. The molecule has 5 nitrogen and oxygen atoms in total. The summed E-state index contributed by atoms with van der Waals surface area (Å²) in [6, 6.07) is 36.0. The van der Waals surface area contributed by atoms with Crippen molar-refractivity contribution >= 4 is 22.2 Å². The monoisotopic (exact) mass is 465 g/mol. The number of benzene rings is 4. The highest BCUT2D eigenvalue weighted by Gasteiger charge is 2.14. The molecule has 0 saturated heterocycles. The molecule has 0 spiro atoms. The lowest BCUT2D eigenvalue weighted by atomic mass is 9.97. The van der Waals surface area contributed by atoms with E-state index in [2.05, 4.69) is 40.3 Å². The van der Waals surface area contributed by atoms with E-state index in [1.807, 2.05) is 85.1 Å². The topological polar surface area (TPSA) is 65.0 Å². The lowest BCUT2D eigenvalue weighted by Crippen LogP contribution is -1.90. The van der Waals surface area contributed by atoms with E-state index in [-0.39, 0.29) is 0 Å². The van der Waals surface area contributed by atoms with Crippen LogP contribution in [0.5, 0.6) is 0 Å². The standard InChI is InChI=1S/C31H19N3O2/c1-3-15-27-25(13-1)33-30(35-27)22-10-5-8-20(18-22)24-12-7-17-32-29(24)21-9-6-11-23(19-21)31-34-26-14-2-4-16-28(26)36-31/h1-19H. The zero-order valence-electron chi connectivity index (χ0n) is 19.1. The molecular weight excluding hydrogens is 446 g/mol. The highest BCUT2D eigenvalue weighted by Crippen LogP contribution is 2.35. The number of hydrogen-bond acceptors (Lipinski definition) is 5. The molecule has 3 aromatic heterocycles. The summed E-state index contributed by atoms with van der Waals surface area (Å²) in [5.74, 6) is 1.19. The minimum absolute atomic E-state index is 0.591. The smallest absolute Gasteiger partial charge is 0.227 e. The molecule has 0 unspecified atom stereocenters. The Labute approximate surface area is 206 Å². The lowest BCUT2D eigenvalue weighted by Gasteiger charge is -2.10. The minimum Gasteiger partial charge on any atom is -0.436 e. The molecule has 36 heavy (non-hydrogen) atoms.